The standard InChI is InChI=1S/C16H21N2.ClH/c1-4-15-13-14(3)11-12-18(15)17(5-2)16-9-7-6-8-10-16;/h6-13H,4-5H2,1-3H3;1H/q+1;/p-1. The Hall–Kier alpha value is -1.54. The highest BCUT2D eigenvalue weighted by molar-refractivity contribution is 5.42. The molecule has 0 amide bonds. The molecule has 1 aromatic carbocycles. The van der Waals surface area contributed by atoms with E-state index in [0.717, 1.165) is 13.0 Å². The second kappa shape index (κ2) is 7.15. The molecule has 0 fully saturated rings. The topological polar surface area (TPSA) is 7.12 Å². The summed E-state index contributed by atoms with van der Waals surface area (Å²) in [4.78, 5) is 0. The lowest BCUT2D eigenvalue weighted by Crippen LogP contribution is -3.00. The van der Waals surface area contributed by atoms with E-state index >= 15 is 0 Å². The van der Waals surface area contributed by atoms with E-state index in [2.05, 4.69) is 79.1 Å². The number of benzene rings is 1. The summed E-state index contributed by atoms with van der Waals surface area (Å²) in [5, 5.41) is 2.29. The zero-order chi connectivity index (χ0) is 13.0. The predicted molar refractivity (Wildman–Crippen MR) is 75.6 cm³/mol. The second-order valence-electron chi connectivity index (χ2n) is 4.44. The Kier molecular flexibility index (Phi) is 5.84. The highest BCUT2D eigenvalue weighted by Gasteiger charge is 2.18. The molecule has 2 aromatic rings. The van der Waals surface area contributed by atoms with Crippen LogP contribution in [0.3, 0.4) is 0 Å². The molecular formula is C16H21ClN2. The van der Waals surface area contributed by atoms with E-state index in [0.29, 0.717) is 0 Å². The van der Waals surface area contributed by atoms with Gasteiger partial charge in [0.05, 0.1) is 12.2 Å². The average Bonchev–Trinajstić information content (AvgIpc) is 2.42. The molecule has 0 N–H and O–H groups in total. The van der Waals surface area contributed by atoms with Crippen molar-refractivity contribution >= 4 is 5.69 Å². The lowest BCUT2D eigenvalue weighted by atomic mass is 10.2. The summed E-state index contributed by atoms with van der Waals surface area (Å²) in [5.41, 5.74) is 3.87. The number of halogens is 1. The number of anilines is 1. The van der Waals surface area contributed by atoms with Crippen molar-refractivity contribution in [1.29, 1.82) is 0 Å². The Balaban J connectivity index is 0.00000180. The van der Waals surface area contributed by atoms with Crippen LogP contribution in [0.25, 0.3) is 0 Å². The normalized spacial score (nSPS) is 9.84. The molecular weight excluding hydrogens is 256 g/mol. The fraction of sp³-hybridized carbons (Fsp3) is 0.312. The van der Waals surface area contributed by atoms with Gasteiger partial charge in [-0.15, -0.1) is 5.01 Å². The first-order chi connectivity index (χ1) is 8.76. The minimum Gasteiger partial charge on any atom is -1.00 e. The number of pyridine rings is 1. The highest BCUT2D eigenvalue weighted by Crippen LogP contribution is 2.11. The zero-order valence-electron chi connectivity index (χ0n) is 11.8. The number of para-hydroxylation sites is 1. The van der Waals surface area contributed by atoms with Crippen LogP contribution in [-0.4, -0.2) is 6.54 Å². The molecule has 0 aliphatic rings. The van der Waals surface area contributed by atoms with E-state index in [1.54, 1.807) is 0 Å². The monoisotopic (exact) mass is 276 g/mol. The van der Waals surface area contributed by atoms with Crippen molar-refractivity contribution in [1.82, 2.24) is 0 Å². The number of aryl methyl sites for hydroxylation is 2. The van der Waals surface area contributed by atoms with E-state index in [1.165, 1.54) is 16.9 Å². The summed E-state index contributed by atoms with van der Waals surface area (Å²) in [6.07, 6.45) is 3.19. The van der Waals surface area contributed by atoms with Gasteiger partial charge in [0.2, 0.25) is 11.9 Å². The molecule has 0 aliphatic heterocycles. The molecule has 0 unspecified atom stereocenters. The minimum absolute atomic E-state index is 0. The smallest absolute Gasteiger partial charge is 0.212 e. The molecule has 0 saturated heterocycles. The maximum Gasteiger partial charge on any atom is 0.212 e. The summed E-state index contributed by atoms with van der Waals surface area (Å²) in [6, 6.07) is 14.9. The maximum atomic E-state index is 2.29. The van der Waals surface area contributed by atoms with E-state index in [9.17, 15) is 0 Å². The van der Waals surface area contributed by atoms with E-state index in [4.69, 9.17) is 0 Å². The maximum absolute atomic E-state index is 2.29. The van der Waals surface area contributed by atoms with E-state index in [-0.39, 0.29) is 12.4 Å². The number of hydrogen-bond donors (Lipinski definition) is 0. The van der Waals surface area contributed by atoms with Gasteiger partial charge in [-0.3, -0.25) is 0 Å². The van der Waals surface area contributed by atoms with Crippen LogP contribution < -0.4 is 22.1 Å². The van der Waals surface area contributed by atoms with Gasteiger partial charge in [0.15, 0.2) is 0 Å². The molecule has 1 aromatic heterocycles. The SMILES string of the molecule is CCc1cc(C)cc[n+]1N(CC)c1ccccc1.[Cl-]. The number of nitrogens with zero attached hydrogens (tertiary/aromatic N) is 2. The van der Waals surface area contributed by atoms with Crippen LogP contribution >= 0.6 is 0 Å². The molecule has 1 heterocycles. The third-order valence-corrected chi connectivity index (χ3v) is 3.14. The summed E-state index contributed by atoms with van der Waals surface area (Å²) in [6.45, 7) is 7.47. The molecule has 3 heteroatoms. The third-order valence-electron chi connectivity index (χ3n) is 3.14. The quantitative estimate of drug-likeness (QED) is 0.721. The van der Waals surface area contributed by atoms with Crippen LogP contribution in [-0.2, 0) is 6.42 Å². The van der Waals surface area contributed by atoms with Crippen molar-refractivity contribution in [2.75, 3.05) is 11.6 Å². The van der Waals surface area contributed by atoms with Gasteiger partial charge in [0, 0.05) is 18.6 Å². The Bertz CT molecular complexity index is 511. The number of aromatic nitrogens is 1. The Labute approximate surface area is 122 Å². The fourth-order valence-electron chi connectivity index (χ4n) is 2.22. The summed E-state index contributed by atoms with van der Waals surface area (Å²) < 4.78 is 2.25. The largest absolute Gasteiger partial charge is 1.00 e. The molecule has 2 rings (SSSR count). The summed E-state index contributed by atoms with van der Waals surface area (Å²) in [5.74, 6) is 0. The first kappa shape index (κ1) is 15.5. The molecule has 0 bridgehead atoms. The third kappa shape index (κ3) is 3.48. The lowest BCUT2D eigenvalue weighted by molar-refractivity contribution is -0.691. The van der Waals surface area contributed by atoms with Gasteiger partial charge >= 0.3 is 0 Å². The first-order valence-electron chi connectivity index (χ1n) is 6.60. The zero-order valence-corrected chi connectivity index (χ0v) is 12.6. The van der Waals surface area contributed by atoms with Crippen LogP contribution in [0.1, 0.15) is 25.1 Å². The fourth-order valence-corrected chi connectivity index (χ4v) is 2.22. The first-order valence-corrected chi connectivity index (χ1v) is 6.60. The summed E-state index contributed by atoms with van der Waals surface area (Å²) in [7, 11) is 0. The van der Waals surface area contributed by atoms with Gasteiger partial charge < -0.3 is 12.4 Å². The van der Waals surface area contributed by atoms with Gasteiger partial charge in [-0.2, -0.15) is 0 Å². The van der Waals surface area contributed by atoms with Gasteiger partial charge in [0.1, 0.15) is 0 Å². The molecule has 0 spiro atoms. The second-order valence-corrected chi connectivity index (χ2v) is 4.44. The number of rotatable bonds is 4. The van der Waals surface area contributed by atoms with Crippen LogP contribution in [0.5, 0.6) is 0 Å². The number of hydrogen-bond acceptors (Lipinski definition) is 1. The molecule has 0 radical (unpaired) electrons. The van der Waals surface area contributed by atoms with Gasteiger partial charge in [-0.05, 0) is 31.5 Å². The highest BCUT2D eigenvalue weighted by atomic mass is 35.5. The van der Waals surface area contributed by atoms with Crippen LogP contribution in [0.4, 0.5) is 5.69 Å². The predicted octanol–water partition coefficient (Wildman–Crippen LogP) is 0.139. The molecule has 102 valence electrons. The van der Waals surface area contributed by atoms with Gasteiger partial charge in [-0.1, -0.05) is 29.8 Å². The van der Waals surface area contributed by atoms with E-state index in [1.807, 2.05) is 0 Å². The van der Waals surface area contributed by atoms with Crippen LogP contribution in [0, 0.1) is 6.92 Å². The van der Waals surface area contributed by atoms with Gasteiger partial charge in [-0.25, -0.2) is 0 Å². The molecule has 19 heavy (non-hydrogen) atoms. The molecule has 0 saturated carbocycles. The molecule has 0 atom stereocenters. The Morgan fingerprint density at radius 1 is 1.05 bits per heavy atom. The molecule has 0 aliphatic carbocycles. The van der Waals surface area contributed by atoms with Crippen molar-refractivity contribution in [3.63, 3.8) is 0 Å². The van der Waals surface area contributed by atoms with Crippen molar-refractivity contribution < 1.29 is 17.1 Å². The average molecular weight is 277 g/mol. The van der Waals surface area contributed by atoms with Crippen molar-refractivity contribution in [3.8, 4) is 0 Å². The van der Waals surface area contributed by atoms with Crippen LogP contribution in [0.2, 0.25) is 0 Å². The van der Waals surface area contributed by atoms with Gasteiger partial charge in [0.25, 0.3) is 0 Å². The molecule has 2 nitrogen and oxygen atoms in total. The van der Waals surface area contributed by atoms with Crippen LogP contribution in [0.15, 0.2) is 48.7 Å². The summed E-state index contributed by atoms with van der Waals surface area (Å²) >= 11 is 0. The Morgan fingerprint density at radius 2 is 1.74 bits per heavy atom. The lowest BCUT2D eigenvalue weighted by Gasteiger charge is -2.18. The Morgan fingerprint density at radius 3 is 2.32 bits per heavy atom. The minimum atomic E-state index is 0. The van der Waals surface area contributed by atoms with Crippen molar-refractivity contribution in [2.24, 2.45) is 0 Å². The van der Waals surface area contributed by atoms with E-state index < -0.39 is 0 Å². The van der Waals surface area contributed by atoms with Crippen molar-refractivity contribution in [2.45, 2.75) is 27.2 Å². The van der Waals surface area contributed by atoms with Crippen molar-refractivity contribution in [3.05, 3.63) is 59.9 Å².